The van der Waals surface area contributed by atoms with E-state index in [4.69, 9.17) is 9.26 Å². The van der Waals surface area contributed by atoms with Crippen LogP contribution in [0.15, 0.2) is 10.6 Å². The number of ether oxygens (including phenoxy) is 2. The summed E-state index contributed by atoms with van der Waals surface area (Å²) in [7, 11) is 1.28. The van der Waals surface area contributed by atoms with Gasteiger partial charge in [-0.25, -0.2) is 0 Å². The van der Waals surface area contributed by atoms with Crippen molar-refractivity contribution in [2.24, 2.45) is 0 Å². The molecule has 7 heteroatoms. The predicted molar refractivity (Wildman–Crippen MR) is 65.6 cm³/mol. The van der Waals surface area contributed by atoms with Gasteiger partial charge in [0, 0.05) is 12.1 Å². The van der Waals surface area contributed by atoms with Gasteiger partial charge in [0.2, 0.25) is 0 Å². The van der Waals surface area contributed by atoms with Crippen molar-refractivity contribution in [1.82, 2.24) is 10.1 Å². The van der Waals surface area contributed by atoms with E-state index in [1.165, 1.54) is 12.0 Å². The molecule has 1 rings (SSSR count). The predicted octanol–water partition coefficient (Wildman–Crippen LogP) is 0.772. The quantitative estimate of drug-likeness (QED) is 0.710. The van der Waals surface area contributed by atoms with Crippen LogP contribution in [0.5, 0.6) is 5.88 Å². The molecule has 0 saturated carbocycles. The Morgan fingerprint density at radius 3 is 2.63 bits per heavy atom. The first-order chi connectivity index (χ1) is 8.93. The van der Waals surface area contributed by atoms with Gasteiger partial charge in [-0.2, -0.15) is 0 Å². The van der Waals surface area contributed by atoms with Gasteiger partial charge in [-0.1, -0.05) is 0 Å². The third-order valence-corrected chi connectivity index (χ3v) is 2.42. The Balaban J connectivity index is 2.54. The third kappa shape index (κ3) is 4.61. The highest BCUT2D eigenvalue weighted by molar-refractivity contribution is 5.83. The van der Waals surface area contributed by atoms with Crippen LogP contribution in [-0.2, 0) is 14.3 Å². The van der Waals surface area contributed by atoms with Crippen LogP contribution in [0.2, 0.25) is 0 Å². The summed E-state index contributed by atoms with van der Waals surface area (Å²) in [6, 6.07) is 1.45. The molecule has 0 aliphatic heterocycles. The molecule has 0 aliphatic carbocycles. The topological polar surface area (TPSA) is 81.9 Å². The number of carbonyl (C=O) groups excluding carboxylic acids is 2. The van der Waals surface area contributed by atoms with Crippen molar-refractivity contribution in [1.29, 1.82) is 0 Å². The smallest absolute Gasteiger partial charge is 0.325 e. The summed E-state index contributed by atoms with van der Waals surface area (Å²) in [6.45, 7) is 5.02. The fourth-order valence-corrected chi connectivity index (χ4v) is 1.39. The van der Waals surface area contributed by atoms with Gasteiger partial charge in [-0.3, -0.25) is 9.59 Å². The maximum absolute atomic E-state index is 12.0. The zero-order valence-electron chi connectivity index (χ0n) is 11.5. The van der Waals surface area contributed by atoms with Crippen LogP contribution >= 0.6 is 0 Å². The van der Waals surface area contributed by atoms with E-state index in [2.05, 4.69) is 9.89 Å². The molecular formula is C12H18N2O5. The number of rotatable bonds is 6. The second-order valence-corrected chi connectivity index (χ2v) is 4.26. The van der Waals surface area contributed by atoms with Crippen molar-refractivity contribution < 1.29 is 23.6 Å². The monoisotopic (exact) mass is 270 g/mol. The average Bonchev–Trinajstić information content (AvgIpc) is 2.78. The lowest BCUT2D eigenvalue weighted by Crippen LogP contribution is -2.43. The molecule has 0 unspecified atom stereocenters. The fourth-order valence-electron chi connectivity index (χ4n) is 1.39. The number of hydrogen-bond donors (Lipinski definition) is 0. The Morgan fingerprint density at radius 1 is 1.47 bits per heavy atom. The average molecular weight is 270 g/mol. The fraction of sp³-hybridized carbons (Fsp3) is 0.583. The van der Waals surface area contributed by atoms with Crippen LogP contribution in [0, 0.1) is 6.92 Å². The maximum Gasteiger partial charge on any atom is 0.325 e. The van der Waals surface area contributed by atoms with Crippen molar-refractivity contribution >= 4 is 11.9 Å². The van der Waals surface area contributed by atoms with Crippen LogP contribution in [0.25, 0.3) is 0 Å². The standard InChI is InChI=1S/C12H18N2O5/c1-8(2)14(6-12(16)17-4)11(15)7-18-10-5-9(3)19-13-10/h5,8H,6-7H2,1-4H3. The minimum Gasteiger partial charge on any atom is -0.468 e. The highest BCUT2D eigenvalue weighted by Crippen LogP contribution is 2.10. The highest BCUT2D eigenvalue weighted by atomic mass is 16.5. The van der Waals surface area contributed by atoms with E-state index < -0.39 is 5.97 Å². The van der Waals surface area contributed by atoms with Gasteiger partial charge in [0.25, 0.3) is 11.8 Å². The number of aryl methyl sites for hydroxylation is 1. The van der Waals surface area contributed by atoms with Gasteiger partial charge in [0.05, 0.1) is 7.11 Å². The van der Waals surface area contributed by atoms with E-state index in [0.29, 0.717) is 5.76 Å². The molecule has 0 radical (unpaired) electrons. The van der Waals surface area contributed by atoms with Crippen LogP contribution < -0.4 is 4.74 Å². The number of esters is 1. The molecular weight excluding hydrogens is 252 g/mol. The largest absolute Gasteiger partial charge is 0.468 e. The van der Waals surface area contributed by atoms with Gasteiger partial charge >= 0.3 is 5.97 Å². The second-order valence-electron chi connectivity index (χ2n) is 4.26. The number of methoxy groups -OCH3 is 1. The minimum atomic E-state index is -0.473. The molecule has 0 N–H and O–H groups in total. The summed E-state index contributed by atoms with van der Waals surface area (Å²) < 4.78 is 14.5. The summed E-state index contributed by atoms with van der Waals surface area (Å²) >= 11 is 0. The van der Waals surface area contributed by atoms with Crippen LogP contribution in [0.3, 0.4) is 0 Å². The van der Waals surface area contributed by atoms with E-state index in [0.717, 1.165) is 0 Å². The number of carbonyl (C=O) groups is 2. The first-order valence-electron chi connectivity index (χ1n) is 5.86. The van der Waals surface area contributed by atoms with Gasteiger partial charge < -0.3 is 18.9 Å². The van der Waals surface area contributed by atoms with E-state index in [9.17, 15) is 9.59 Å². The first kappa shape index (κ1) is 15.0. The first-order valence-corrected chi connectivity index (χ1v) is 5.86. The molecule has 0 aromatic carbocycles. The van der Waals surface area contributed by atoms with Gasteiger partial charge in [0.1, 0.15) is 12.3 Å². The number of nitrogens with zero attached hydrogens (tertiary/aromatic N) is 2. The Kier molecular flexibility index (Phi) is 5.35. The van der Waals surface area contributed by atoms with Crippen molar-refractivity contribution in [2.75, 3.05) is 20.3 Å². The Morgan fingerprint density at radius 2 is 2.16 bits per heavy atom. The van der Waals surface area contributed by atoms with E-state index in [-0.39, 0.29) is 31.0 Å². The molecule has 0 bridgehead atoms. The van der Waals surface area contributed by atoms with Crippen molar-refractivity contribution in [2.45, 2.75) is 26.8 Å². The molecule has 1 aromatic rings. The highest BCUT2D eigenvalue weighted by Gasteiger charge is 2.21. The van der Waals surface area contributed by atoms with Crippen molar-refractivity contribution in [3.63, 3.8) is 0 Å². The molecule has 1 heterocycles. The van der Waals surface area contributed by atoms with Gasteiger partial charge in [-0.15, -0.1) is 0 Å². The normalized spacial score (nSPS) is 10.4. The molecule has 7 nitrogen and oxygen atoms in total. The lowest BCUT2D eigenvalue weighted by atomic mass is 10.3. The zero-order valence-corrected chi connectivity index (χ0v) is 11.5. The summed E-state index contributed by atoms with van der Waals surface area (Å²) in [5, 5.41) is 3.61. The van der Waals surface area contributed by atoms with Crippen LogP contribution in [0.4, 0.5) is 0 Å². The molecule has 19 heavy (non-hydrogen) atoms. The van der Waals surface area contributed by atoms with Gasteiger partial charge in [0.15, 0.2) is 6.61 Å². The number of hydrogen-bond acceptors (Lipinski definition) is 6. The Bertz CT molecular complexity index is 441. The molecule has 0 saturated heterocycles. The summed E-state index contributed by atoms with van der Waals surface area (Å²) in [4.78, 5) is 24.5. The minimum absolute atomic E-state index is 0.103. The SMILES string of the molecule is COC(=O)CN(C(=O)COc1cc(C)on1)C(C)C. The van der Waals surface area contributed by atoms with E-state index in [1.807, 2.05) is 0 Å². The molecule has 0 atom stereocenters. The van der Waals surface area contributed by atoms with E-state index >= 15 is 0 Å². The second kappa shape index (κ2) is 6.77. The summed E-state index contributed by atoms with van der Waals surface area (Å²) in [6.07, 6.45) is 0. The Labute approximate surface area is 111 Å². The van der Waals surface area contributed by atoms with Crippen molar-refractivity contribution in [3.05, 3.63) is 11.8 Å². The summed E-state index contributed by atoms with van der Waals surface area (Å²) in [5.41, 5.74) is 0. The molecule has 1 amide bonds. The zero-order chi connectivity index (χ0) is 14.4. The Hall–Kier alpha value is -2.05. The molecule has 1 aromatic heterocycles. The number of aromatic nitrogens is 1. The van der Waals surface area contributed by atoms with Crippen molar-refractivity contribution in [3.8, 4) is 5.88 Å². The summed E-state index contributed by atoms with van der Waals surface area (Å²) in [5.74, 6) is 0.0470. The van der Waals surface area contributed by atoms with Crippen LogP contribution in [0.1, 0.15) is 19.6 Å². The maximum atomic E-state index is 12.0. The van der Waals surface area contributed by atoms with Crippen LogP contribution in [-0.4, -0.2) is 48.2 Å². The van der Waals surface area contributed by atoms with Gasteiger partial charge in [-0.05, 0) is 25.9 Å². The van der Waals surface area contributed by atoms with E-state index in [1.54, 1.807) is 26.8 Å². The molecule has 0 aliphatic rings. The lowest BCUT2D eigenvalue weighted by Gasteiger charge is -2.25. The molecule has 0 spiro atoms. The third-order valence-electron chi connectivity index (χ3n) is 2.42. The molecule has 106 valence electrons. The number of amides is 1. The molecule has 0 fully saturated rings. The lowest BCUT2D eigenvalue weighted by molar-refractivity contribution is -0.149.